The van der Waals surface area contributed by atoms with Crippen molar-refractivity contribution in [2.24, 2.45) is 10.8 Å². The number of hydrogen-bond donors (Lipinski definition) is 1. The number of hydrogen-bond acceptors (Lipinski definition) is 3. The fraction of sp³-hybridized carbons (Fsp3) is 0.550. The van der Waals surface area contributed by atoms with Crippen molar-refractivity contribution in [1.29, 1.82) is 0 Å². The summed E-state index contributed by atoms with van der Waals surface area (Å²) >= 11 is 1.65. The average molecular weight is 330 g/mol. The van der Waals surface area contributed by atoms with Crippen LogP contribution < -0.4 is 5.32 Å². The maximum atomic E-state index is 13.3. The van der Waals surface area contributed by atoms with Crippen LogP contribution in [0.5, 0.6) is 0 Å². The van der Waals surface area contributed by atoms with Crippen molar-refractivity contribution in [3.05, 3.63) is 35.2 Å². The summed E-state index contributed by atoms with van der Waals surface area (Å²) in [6.07, 6.45) is 4.24. The molecule has 1 N–H and O–H groups in total. The van der Waals surface area contributed by atoms with Gasteiger partial charge in [0.25, 0.3) is 0 Å². The first kappa shape index (κ1) is 16.7. The van der Waals surface area contributed by atoms with Gasteiger partial charge in [-0.05, 0) is 48.7 Å². The summed E-state index contributed by atoms with van der Waals surface area (Å²) in [4.78, 5) is 14.2. The zero-order valence-corrected chi connectivity index (χ0v) is 15.3. The Morgan fingerprint density at radius 2 is 2.13 bits per heavy atom. The van der Waals surface area contributed by atoms with Gasteiger partial charge in [0.15, 0.2) is 5.78 Å². The van der Waals surface area contributed by atoms with Crippen LogP contribution in [0.1, 0.15) is 56.1 Å². The molecule has 0 amide bonds. The van der Waals surface area contributed by atoms with E-state index in [2.05, 4.69) is 44.3 Å². The Bertz CT molecular complexity index is 661. The van der Waals surface area contributed by atoms with E-state index in [9.17, 15) is 4.79 Å². The Balaban J connectivity index is 1.86. The Morgan fingerprint density at radius 3 is 2.78 bits per heavy atom. The molecule has 1 atom stereocenters. The summed E-state index contributed by atoms with van der Waals surface area (Å²) in [6, 6.07) is 10.4. The van der Waals surface area contributed by atoms with E-state index in [-0.39, 0.29) is 5.41 Å². The first-order valence-corrected chi connectivity index (χ1v) is 9.52. The number of thiophene rings is 1. The van der Waals surface area contributed by atoms with Gasteiger partial charge in [-0.1, -0.05) is 45.4 Å². The molecule has 0 radical (unpaired) electrons. The zero-order valence-electron chi connectivity index (χ0n) is 14.4. The highest BCUT2D eigenvalue weighted by molar-refractivity contribution is 7.20. The van der Waals surface area contributed by atoms with E-state index >= 15 is 0 Å². The second-order valence-corrected chi connectivity index (χ2v) is 8.79. The fourth-order valence-electron chi connectivity index (χ4n) is 3.37. The highest BCUT2D eigenvalue weighted by atomic mass is 32.1. The van der Waals surface area contributed by atoms with Gasteiger partial charge in [-0.2, -0.15) is 0 Å². The predicted octanol–water partition coefficient (Wildman–Crippen LogP) is 5.28. The normalized spacial score (nSPS) is 21.9. The Kier molecular flexibility index (Phi) is 4.61. The first-order chi connectivity index (χ1) is 11.0. The summed E-state index contributed by atoms with van der Waals surface area (Å²) in [5, 5.41) is 4.63. The molecule has 1 aromatic carbocycles. The van der Waals surface area contributed by atoms with E-state index in [0.717, 1.165) is 43.6 Å². The van der Waals surface area contributed by atoms with Crippen LogP contribution in [0.3, 0.4) is 0 Å². The number of carbonyl (C=O) groups excluding carboxylic acids is 1. The molecule has 1 fully saturated rings. The molecule has 3 rings (SSSR count). The monoisotopic (exact) mass is 329 g/mol. The number of Topliss-reactive ketones (excluding diaryl/α,β-unsaturated/α-hetero) is 1. The van der Waals surface area contributed by atoms with E-state index < -0.39 is 0 Å². The van der Waals surface area contributed by atoms with E-state index in [1.165, 1.54) is 10.1 Å². The topological polar surface area (TPSA) is 29.1 Å². The smallest absolute Gasteiger partial charge is 0.180 e. The van der Waals surface area contributed by atoms with Crippen molar-refractivity contribution >= 4 is 27.2 Å². The molecule has 0 spiro atoms. The van der Waals surface area contributed by atoms with Crippen molar-refractivity contribution in [3.63, 3.8) is 0 Å². The van der Waals surface area contributed by atoms with Crippen LogP contribution >= 0.6 is 11.3 Å². The van der Waals surface area contributed by atoms with Gasteiger partial charge in [0.1, 0.15) is 0 Å². The molecule has 3 heteroatoms. The highest BCUT2D eigenvalue weighted by Gasteiger charge is 2.42. The lowest BCUT2D eigenvalue weighted by molar-refractivity contribution is 0.0783. The van der Waals surface area contributed by atoms with Gasteiger partial charge < -0.3 is 5.32 Å². The lowest BCUT2D eigenvalue weighted by atomic mass is 9.72. The van der Waals surface area contributed by atoms with Gasteiger partial charge in [-0.15, -0.1) is 11.3 Å². The number of fused-ring (bicyclic) bond motifs is 1. The van der Waals surface area contributed by atoms with Crippen LogP contribution in [0.15, 0.2) is 30.3 Å². The van der Waals surface area contributed by atoms with E-state index in [0.29, 0.717) is 11.2 Å². The minimum Gasteiger partial charge on any atom is -0.316 e. The molecule has 1 aliphatic rings. The highest BCUT2D eigenvalue weighted by Crippen LogP contribution is 2.41. The minimum atomic E-state index is -0.201. The number of benzene rings is 1. The minimum absolute atomic E-state index is 0.201. The number of rotatable bonds is 6. The molecular formula is C20H27NOS. The van der Waals surface area contributed by atoms with E-state index in [4.69, 9.17) is 0 Å². The lowest BCUT2D eigenvalue weighted by Gasteiger charge is -2.31. The summed E-state index contributed by atoms with van der Waals surface area (Å²) in [5.74, 6) is 0.357. The Morgan fingerprint density at radius 1 is 1.35 bits per heavy atom. The summed E-state index contributed by atoms with van der Waals surface area (Å²) in [7, 11) is 0. The van der Waals surface area contributed by atoms with E-state index in [1.807, 2.05) is 12.1 Å². The average Bonchev–Trinajstić information content (AvgIpc) is 3.20. The van der Waals surface area contributed by atoms with Crippen molar-refractivity contribution in [1.82, 2.24) is 5.32 Å². The van der Waals surface area contributed by atoms with Gasteiger partial charge in [0.2, 0.25) is 0 Å². The van der Waals surface area contributed by atoms with Gasteiger partial charge in [-0.3, -0.25) is 4.79 Å². The van der Waals surface area contributed by atoms with Crippen LogP contribution in [0, 0.1) is 10.8 Å². The van der Waals surface area contributed by atoms with Gasteiger partial charge in [-0.25, -0.2) is 0 Å². The second-order valence-electron chi connectivity index (χ2n) is 7.70. The largest absolute Gasteiger partial charge is 0.316 e. The quantitative estimate of drug-likeness (QED) is 0.731. The summed E-state index contributed by atoms with van der Waals surface area (Å²) < 4.78 is 1.21. The summed E-state index contributed by atoms with van der Waals surface area (Å²) in [5.41, 5.74) is 0.114. The molecule has 1 unspecified atom stereocenters. The molecule has 23 heavy (non-hydrogen) atoms. The molecule has 1 saturated heterocycles. The predicted molar refractivity (Wildman–Crippen MR) is 99.4 cm³/mol. The van der Waals surface area contributed by atoms with Crippen molar-refractivity contribution < 1.29 is 4.79 Å². The van der Waals surface area contributed by atoms with Crippen molar-refractivity contribution in [3.8, 4) is 0 Å². The molecule has 1 aromatic heterocycles. The van der Waals surface area contributed by atoms with Crippen LogP contribution in [-0.2, 0) is 0 Å². The van der Waals surface area contributed by atoms with Gasteiger partial charge >= 0.3 is 0 Å². The van der Waals surface area contributed by atoms with Gasteiger partial charge in [0.05, 0.1) is 4.88 Å². The molecule has 124 valence electrons. The third-order valence-electron chi connectivity index (χ3n) is 5.61. The number of ketones is 1. The Labute approximate surface area is 143 Å². The van der Waals surface area contributed by atoms with Crippen LogP contribution in [-0.4, -0.2) is 18.9 Å². The molecule has 2 nitrogen and oxygen atoms in total. The molecule has 0 saturated carbocycles. The third-order valence-corrected chi connectivity index (χ3v) is 6.73. The SMILES string of the molecule is CCC(C)(C)CCC1(C(=O)c2cc3ccccc3s2)CCNC1. The molecule has 0 bridgehead atoms. The molecule has 1 aliphatic heterocycles. The molecule has 2 aromatic rings. The molecule has 0 aliphatic carbocycles. The first-order valence-electron chi connectivity index (χ1n) is 8.70. The Hall–Kier alpha value is -1.19. The number of nitrogens with one attached hydrogen (secondary N) is 1. The fourth-order valence-corrected chi connectivity index (χ4v) is 4.50. The van der Waals surface area contributed by atoms with E-state index in [1.54, 1.807) is 11.3 Å². The zero-order chi connectivity index (χ0) is 16.5. The lowest BCUT2D eigenvalue weighted by Crippen LogP contribution is -2.34. The second kappa shape index (κ2) is 6.37. The third kappa shape index (κ3) is 3.36. The molecule has 2 heterocycles. The number of carbonyl (C=O) groups is 1. The van der Waals surface area contributed by atoms with Crippen molar-refractivity contribution in [2.45, 2.75) is 46.5 Å². The summed E-state index contributed by atoms with van der Waals surface area (Å²) in [6.45, 7) is 8.66. The van der Waals surface area contributed by atoms with Crippen molar-refractivity contribution in [2.75, 3.05) is 13.1 Å². The van der Waals surface area contributed by atoms with Gasteiger partial charge in [0, 0.05) is 16.7 Å². The van der Waals surface area contributed by atoms with Crippen LogP contribution in [0.25, 0.3) is 10.1 Å². The molecular weight excluding hydrogens is 302 g/mol. The van der Waals surface area contributed by atoms with Crippen LogP contribution in [0.4, 0.5) is 0 Å². The standard InChI is InChI=1S/C20H27NOS/c1-4-19(2,3)9-10-20(11-12-21-14-20)18(22)17-13-15-7-5-6-8-16(15)23-17/h5-8,13,21H,4,9-12,14H2,1-3H3. The maximum absolute atomic E-state index is 13.3. The maximum Gasteiger partial charge on any atom is 0.180 e. The van der Waals surface area contributed by atoms with Crippen LogP contribution in [0.2, 0.25) is 0 Å².